The predicted molar refractivity (Wildman–Crippen MR) is 135 cm³/mol. The third kappa shape index (κ3) is 6.50. The molecule has 1 atom stereocenters. The number of hydrogen-bond acceptors (Lipinski definition) is 7. The summed E-state index contributed by atoms with van der Waals surface area (Å²) in [6.07, 6.45) is 0. The van der Waals surface area contributed by atoms with Crippen molar-refractivity contribution in [1.82, 2.24) is 20.1 Å². The summed E-state index contributed by atoms with van der Waals surface area (Å²) in [5.41, 5.74) is 1.40. The monoisotopic (exact) mass is 536 g/mol. The molecule has 1 heterocycles. The Morgan fingerprint density at radius 1 is 1.17 bits per heavy atom. The molecule has 3 rings (SSSR count). The highest BCUT2D eigenvalue weighted by Crippen LogP contribution is 2.25. The molecule has 0 aliphatic heterocycles. The van der Waals surface area contributed by atoms with Crippen LogP contribution in [-0.4, -0.2) is 37.3 Å². The number of benzene rings is 2. The average molecular weight is 537 g/mol. The largest absolute Gasteiger partial charge is 0.342 e. The zero-order valence-electron chi connectivity index (χ0n) is 19.0. The molecule has 0 fully saturated rings. The number of hydrogen-bond donors (Lipinski definition) is 2. The van der Waals surface area contributed by atoms with Crippen LogP contribution in [0, 0.1) is 17.0 Å². The Kier molecular flexibility index (Phi) is 8.71. The van der Waals surface area contributed by atoms with E-state index in [1.807, 2.05) is 11.5 Å². The zero-order valence-corrected chi connectivity index (χ0v) is 21.4. The van der Waals surface area contributed by atoms with Gasteiger partial charge in [0.15, 0.2) is 11.0 Å². The number of non-ortho nitro benzene ring substituents is 1. The SMILES string of the molecule is CCn1c(SCC(=O)Nc2ccc([N+](=O)[O-])cc2C)nnc1[C@@H](C)NC(=O)c1ccc(Cl)c(Cl)c1. The van der Waals surface area contributed by atoms with Crippen molar-refractivity contribution in [1.29, 1.82) is 0 Å². The number of carbonyl (C=O) groups is 2. The molecule has 0 aliphatic carbocycles. The zero-order chi connectivity index (χ0) is 25.7. The fourth-order valence-electron chi connectivity index (χ4n) is 3.22. The molecule has 0 aliphatic rings. The van der Waals surface area contributed by atoms with E-state index in [1.165, 1.54) is 36.0 Å². The van der Waals surface area contributed by atoms with Crippen molar-refractivity contribution in [2.75, 3.05) is 11.1 Å². The first-order chi connectivity index (χ1) is 16.6. The molecule has 1 aromatic heterocycles. The molecule has 35 heavy (non-hydrogen) atoms. The van der Waals surface area contributed by atoms with E-state index < -0.39 is 11.0 Å². The maximum Gasteiger partial charge on any atom is 0.269 e. The highest BCUT2D eigenvalue weighted by molar-refractivity contribution is 7.99. The number of aromatic nitrogens is 3. The molecular weight excluding hydrogens is 515 g/mol. The average Bonchev–Trinajstić information content (AvgIpc) is 3.23. The molecule has 0 saturated carbocycles. The number of nitro benzene ring substituents is 1. The van der Waals surface area contributed by atoms with Gasteiger partial charge in [-0.25, -0.2) is 0 Å². The third-order valence-electron chi connectivity index (χ3n) is 5.01. The summed E-state index contributed by atoms with van der Waals surface area (Å²) in [5, 5.41) is 26.0. The molecule has 2 N–H and O–H groups in total. The van der Waals surface area contributed by atoms with Gasteiger partial charge in [-0.2, -0.15) is 0 Å². The first kappa shape index (κ1) is 26.5. The molecule has 10 nitrogen and oxygen atoms in total. The Bertz CT molecular complexity index is 1280. The second-order valence-corrected chi connectivity index (χ2v) is 9.26. The quantitative estimate of drug-likeness (QED) is 0.222. The molecule has 0 unspecified atom stereocenters. The topological polar surface area (TPSA) is 132 Å². The van der Waals surface area contributed by atoms with Gasteiger partial charge in [0.05, 0.1) is 26.8 Å². The third-order valence-corrected chi connectivity index (χ3v) is 6.71. The van der Waals surface area contributed by atoms with Gasteiger partial charge in [-0.05, 0) is 50.6 Å². The van der Waals surface area contributed by atoms with E-state index >= 15 is 0 Å². The van der Waals surface area contributed by atoms with Crippen LogP contribution in [0.5, 0.6) is 0 Å². The minimum Gasteiger partial charge on any atom is -0.342 e. The Morgan fingerprint density at radius 2 is 1.91 bits per heavy atom. The van der Waals surface area contributed by atoms with Crippen molar-refractivity contribution in [2.45, 2.75) is 38.5 Å². The summed E-state index contributed by atoms with van der Waals surface area (Å²) in [5.74, 6) is -0.0394. The second kappa shape index (κ2) is 11.5. The normalized spacial score (nSPS) is 11.7. The predicted octanol–water partition coefficient (Wildman–Crippen LogP) is 5.04. The number of carbonyl (C=O) groups excluding carboxylic acids is 2. The highest BCUT2D eigenvalue weighted by atomic mass is 35.5. The lowest BCUT2D eigenvalue weighted by Gasteiger charge is -2.15. The summed E-state index contributed by atoms with van der Waals surface area (Å²) >= 11 is 13.1. The standard InChI is InChI=1S/C22H22Cl2N6O4S/c1-4-29-20(13(3)25-21(32)14-5-7-16(23)17(24)10-14)27-28-22(29)35-11-19(31)26-18-8-6-15(30(33)34)9-12(18)2/h5-10,13H,4,11H2,1-3H3,(H,25,32)(H,26,31)/t13-/m1/s1. The second-order valence-electron chi connectivity index (χ2n) is 7.50. The van der Waals surface area contributed by atoms with Crippen molar-refractivity contribution < 1.29 is 14.5 Å². The van der Waals surface area contributed by atoms with E-state index in [9.17, 15) is 19.7 Å². The number of anilines is 1. The summed E-state index contributed by atoms with van der Waals surface area (Å²) in [4.78, 5) is 35.4. The highest BCUT2D eigenvalue weighted by Gasteiger charge is 2.21. The minimum absolute atomic E-state index is 0.0428. The molecule has 13 heteroatoms. The number of aryl methyl sites for hydroxylation is 1. The van der Waals surface area contributed by atoms with Gasteiger partial charge in [0.1, 0.15) is 0 Å². The van der Waals surface area contributed by atoms with Crippen LogP contribution in [0.3, 0.4) is 0 Å². The van der Waals surface area contributed by atoms with Crippen LogP contribution in [0.1, 0.15) is 41.6 Å². The molecule has 0 saturated heterocycles. The fraction of sp³-hybridized carbons (Fsp3) is 0.273. The Hall–Kier alpha value is -3.15. The van der Waals surface area contributed by atoms with E-state index in [0.717, 1.165) is 0 Å². The molecule has 2 aromatic carbocycles. The van der Waals surface area contributed by atoms with Gasteiger partial charge in [-0.1, -0.05) is 35.0 Å². The van der Waals surface area contributed by atoms with E-state index in [2.05, 4.69) is 20.8 Å². The minimum atomic E-state index is -0.488. The number of amides is 2. The van der Waals surface area contributed by atoms with Crippen LogP contribution < -0.4 is 10.6 Å². The van der Waals surface area contributed by atoms with Gasteiger partial charge in [0.25, 0.3) is 11.6 Å². The molecule has 0 radical (unpaired) electrons. The lowest BCUT2D eigenvalue weighted by molar-refractivity contribution is -0.384. The van der Waals surface area contributed by atoms with Crippen molar-refractivity contribution in [2.24, 2.45) is 0 Å². The van der Waals surface area contributed by atoms with Gasteiger partial charge >= 0.3 is 0 Å². The van der Waals surface area contributed by atoms with E-state index in [-0.39, 0.29) is 28.3 Å². The molecule has 0 spiro atoms. The van der Waals surface area contributed by atoms with Gasteiger partial charge < -0.3 is 15.2 Å². The molecule has 3 aromatic rings. The van der Waals surface area contributed by atoms with Crippen LogP contribution in [0.25, 0.3) is 0 Å². The van der Waals surface area contributed by atoms with E-state index in [0.29, 0.717) is 39.4 Å². The van der Waals surface area contributed by atoms with Crippen molar-refractivity contribution in [3.05, 3.63) is 73.5 Å². The first-order valence-corrected chi connectivity index (χ1v) is 12.2. The number of nitrogens with zero attached hydrogens (tertiary/aromatic N) is 4. The number of halogens is 2. The lowest BCUT2D eigenvalue weighted by atomic mass is 10.2. The van der Waals surface area contributed by atoms with Crippen LogP contribution >= 0.6 is 35.0 Å². The lowest BCUT2D eigenvalue weighted by Crippen LogP contribution is -2.28. The van der Waals surface area contributed by atoms with Crippen molar-refractivity contribution >= 4 is 58.2 Å². The summed E-state index contributed by atoms with van der Waals surface area (Å²) in [7, 11) is 0. The summed E-state index contributed by atoms with van der Waals surface area (Å²) < 4.78 is 1.81. The van der Waals surface area contributed by atoms with Crippen LogP contribution in [0.4, 0.5) is 11.4 Å². The van der Waals surface area contributed by atoms with Gasteiger partial charge in [-0.15, -0.1) is 10.2 Å². The van der Waals surface area contributed by atoms with Crippen LogP contribution in [0.2, 0.25) is 10.0 Å². The Balaban J connectivity index is 1.63. The molecular formula is C22H22Cl2N6O4S. The van der Waals surface area contributed by atoms with Crippen molar-refractivity contribution in [3.8, 4) is 0 Å². The van der Waals surface area contributed by atoms with E-state index in [4.69, 9.17) is 23.2 Å². The van der Waals surface area contributed by atoms with E-state index in [1.54, 1.807) is 26.0 Å². The number of nitrogens with one attached hydrogen (secondary N) is 2. The van der Waals surface area contributed by atoms with Crippen LogP contribution in [-0.2, 0) is 11.3 Å². The molecule has 2 amide bonds. The summed E-state index contributed by atoms with van der Waals surface area (Å²) in [6, 6.07) is 8.39. The van der Waals surface area contributed by atoms with Gasteiger partial charge in [0.2, 0.25) is 5.91 Å². The Morgan fingerprint density at radius 3 is 2.54 bits per heavy atom. The van der Waals surface area contributed by atoms with Gasteiger partial charge in [-0.3, -0.25) is 19.7 Å². The van der Waals surface area contributed by atoms with Gasteiger partial charge in [0, 0.05) is 29.9 Å². The number of nitro groups is 1. The maximum atomic E-state index is 12.6. The molecule has 184 valence electrons. The smallest absolute Gasteiger partial charge is 0.269 e. The summed E-state index contributed by atoms with van der Waals surface area (Å²) in [6.45, 7) is 5.90. The number of thioether (sulfide) groups is 1. The first-order valence-electron chi connectivity index (χ1n) is 10.5. The van der Waals surface area contributed by atoms with Crippen LogP contribution in [0.15, 0.2) is 41.6 Å². The maximum absolute atomic E-state index is 12.6. The fourth-order valence-corrected chi connectivity index (χ4v) is 4.33. The Labute approximate surface area is 215 Å². The van der Waals surface area contributed by atoms with Crippen molar-refractivity contribution in [3.63, 3.8) is 0 Å². The number of rotatable bonds is 9. The molecule has 0 bridgehead atoms.